The molecule has 3 aromatic rings. The molecule has 160 valence electrons. The van der Waals surface area contributed by atoms with Gasteiger partial charge < -0.3 is 14.4 Å². The van der Waals surface area contributed by atoms with Crippen molar-refractivity contribution in [2.24, 2.45) is 0 Å². The Balaban J connectivity index is 1.75. The molecule has 1 aliphatic rings. The zero-order valence-corrected chi connectivity index (χ0v) is 17.1. The number of nitrogens with zero attached hydrogens (tertiary/aromatic N) is 3. The minimum Gasteiger partial charge on any atom is -0.492 e. The molecule has 0 bridgehead atoms. The maximum Gasteiger partial charge on any atom is 0.573 e. The first-order valence-electron chi connectivity index (χ1n) is 9.70. The quantitative estimate of drug-likeness (QED) is 0.547. The number of fused-ring (bicyclic) bond motifs is 1. The number of aromatic nitrogens is 2. The van der Waals surface area contributed by atoms with Crippen LogP contribution in [0, 0.1) is 0 Å². The Morgan fingerprint density at radius 1 is 1.00 bits per heavy atom. The van der Waals surface area contributed by atoms with E-state index >= 15 is 0 Å². The van der Waals surface area contributed by atoms with E-state index in [9.17, 15) is 18.0 Å². The number of hydrogen-bond acceptors (Lipinski definition) is 5. The summed E-state index contributed by atoms with van der Waals surface area (Å²) in [5.41, 5.74) is 0.621. The van der Waals surface area contributed by atoms with Crippen LogP contribution in [0.4, 0.5) is 13.2 Å². The summed E-state index contributed by atoms with van der Waals surface area (Å²) < 4.78 is 47.0. The van der Waals surface area contributed by atoms with Gasteiger partial charge in [-0.1, -0.05) is 28.5 Å². The van der Waals surface area contributed by atoms with E-state index in [-0.39, 0.29) is 53.0 Å². The van der Waals surface area contributed by atoms with Gasteiger partial charge in [-0.2, -0.15) is 0 Å². The summed E-state index contributed by atoms with van der Waals surface area (Å²) in [4.78, 5) is 23.1. The van der Waals surface area contributed by atoms with Gasteiger partial charge in [0.25, 0.3) is 5.91 Å². The zero-order chi connectivity index (χ0) is 23.8. The number of ether oxygens (including phenoxy) is 2. The minimum atomic E-state index is -4.83. The smallest absolute Gasteiger partial charge is 0.492 e. The Labute approximate surface area is 191 Å². The van der Waals surface area contributed by atoms with Gasteiger partial charge in [0.1, 0.15) is 47.5 Å². The second-order valence-corrected chi connectivity index (χ2v) is 7.13. The maximum absolute atomic E-state index is 13.4. The first-order chi connectivity index (χ1) is 15.7. The van der Waals surface area contributed by atoms with Crippen LogP contribution in [0.15, 0.2) is 42.7 Å². The van der Waals surface area contributed by atoms with Crippen LogP contribution in [0.5, 0.6) is 11.5 Å². The third kappa shape index (κ3) is 4.69. The van der Waals surface area contributed by atoms with Crippen LogP contribution >= 0.6 is 0 Å². The fourth-order valence-corrected chi connectivity index (χ4v) is 3.53. The van der Waals surface area contributed by atoms with Crippen molar-refractivity contribution in [1.82, 2.24) is 14.9 Å². The molecule has 1 aliphatic heterocycles. The van der Waals surface area contributed by atoms with E-state index in [0.717, 1.165) is 12.1 Å². The van der Waals surface area contributed by atoms with Crippen LogP contribution in [0.2, 0.25) is 0 Å². The fourth-order valence-electron chi connectivity index (χ4n) is 3.53. The molecular formula is C21H13B3F3N3O3. The molecule has 2 heterocycles. The lowest BCUT2D eigenvalue weighted by Gasteiger charge is -2.23. The van der Waals surface area contributed by atoms with Crippen molar-refractivity contribution in [2.45, 2.75) is 12.9 Å². The lowest BCUT2D eigenvalue weighted by atomic mass is 9.68. The molecular weight excluding hydrogens is 432 g/mol. The zero-order valence-electron chi connectivity index (χ0n) is 17.1. The molecule has 0 N–H and O–H groups in total. The Morgan fingerprint density at radius 3 is 2.30 bits per heavy atom. The average Bonchev–Trinajstić information content (AvgIpc) is 2.92. The number of benzene rings is 2. The van der Waals surface area contributed by atoms with Gasteiger partial charge in [-0.3, -0.25) is 4.79 Å². The molecule has 12 heteroatoms. The first-order valence-corrected chi connectivity index (χ1v) is 9.70. The molecule has 1 aromatic heterocycles. The number of rotatable bonds is 4. The number of halogens is 3. The second kappa shape index (κ2) is 8.84. The number of alkyl halides is 3. The van der Waals surface area contributed by atoms with E-state index in [4.69, 9.17) is 28.3 Å². The lowest BCUT2D eigenvalue weighted by molar-refractivity contribution is -0.274. The highest BCUT2D eigenvalue weighted by Gasteiger charge is 2.32. The Kier molecular flexibility index (Phi) is 6.10. The molecule has 2 aromatic carbocycles. The van der Waals surface area contributed by atoms with Crippen molar-refractivity contribution in [1.29, 1.82) is 0 Å². The van der Waals surface area contributed by atoms with Crippen molar-refractivity contribution in [2.75, 3.05) is 13.2 Å². The molecule has 0 unspecified atom stereocenters. The van der Waals surface area contributed by atoms with Crippen molar-refractivity contribution in [3.63, 3.8) is 0 Å². The molecule has 0 spiro atoms. The number of carbonyl (C=O) groups is 1. The van der Waals surface area contributed by atoms with E-state index in [1.54, 1.807) is 18.5 Å². The van der Waals surface area contributed by atoms with Crippen LogP contribution in [0.1, 0.15) is 16.2 Å². The molecule has 33 heavy (non-hydrogen) atoms. The largest absolute Gasteiger partial charge is 0.573 e. The van der Waals surface area contributed by atoms with Gasteiger partial charge >= 0.3 is 6.36 Å². The van der Waals surface area contributed by atoms with E-state index in [1.165, 1.54) is 17.0 Å². The molecule has 4 rings (SSSR count). The van der Waals surface area contributed by atoms with E-state index in [2.05, 4.69) is 14.7 Å². The summed E-state index contributed by atoms with van der Waals surface area (Å²) in [6, 6.07) is 6.56. The SMILES string of the molecule is [B]c1c([B])c(-c2ccc(OC(F)(F)F)cc2)c([B])c2c1OCCN(Cc1ncccn1)C2=O. The number of amides is 1. The molecule has 1 amide bonds. The van der Waals surface area contributed by atoms with Gasteiger partial charge in [0.15, 0.2) is 0 Å². The molecule has 6 nitrogen and oxygen atoms in total. The second-order valence-electron chi connectivity index (χ2n) is 7.13. The third-order valence-electron chi connectivity index (χ3n) is 5.01. The highest BCUT2D eigenvalue weighted by molar-refractivity contribution is 6.56. The molecule has 0 fully saturated rings. The summed E-state index contributed by atoms with van der Waals surface area (Å²) in [6.45, 7) is 0.478. The van der Waals surface area contributed by atoms with E-state index in [0.29, 0.717) is 11.4 Å². The molecule has 0 aliphatic carbocycles. The number of carbonyl (C=O) groups excluding carboxylic acids is 1. The predicted molar refractivity (Wildman–Crippen MR) is 117 cm³/mol. The lowest BCUT2D eigenvalue weighted by Crippen LogP contribution is -2.40. The molecule has 0 saturated carbocycles. The Morgan fingerprint density at radius 2 is 1.67 bits per heavy atom. The van der Waals surface area contributed by atoms with E-state index < -0.39 is 18.0 Å². The number of hydrogen-bond donors (Lipinski definition) is 0. The van der Waals surface area contributed by atoms with Crippen LogP contribution in [-0.2, 0) is 6.54 Å². The predicted octanol–water partition coefficient (Wildman–Crippen LogP) is 0.458. The minimum absolute atomic E-state index is 0.00734. The van der Waals surface area contributed by atoms with Crippen LogP contribution in [-0.4, -0.2) is 63.8 Å². The van der Waals surface area contributed by atoms with Crippen LogP contribution in [0.3, 0.4) is 0 Å². The summed E-state index contributed by atoms with van der Waals surface area (Å²) in [5, 5.41) is 0. The summed E-state index contributed by atoms with van der Waals surface area (Å²) in [6.07, 6.45) is -1.71. The first kappa shape index (κ1) is 22.8. The molecule has 6 radical (unpaired) electrons. The van der Waals surface area contributed by atoms with E-state index in [1.807, 2.05) is 0 Å². The Hall–Kier alpha value is -3.43. The van der Waals surface area contributed by atoms with Gasteiger partial charge in [-0.05, 0) is 29.3 Å². The fraction of sp³-hybridized carbons (Fsp3) is 0.190. The third-order valence-corrected chi connectivity index (χ3v) is 5.01. The molecule has 0 atom stereocenters. The highest BCUT2D eigenvalue weighted by atomic mass is 19.4. The average molecular weight is 445 g/mol. The normalized spacial score (nSPS) is 13.8. The van der Waals surface area contributed by atoms with Gasteiger partial charge in [0.05, 0.1) is 18.7 Å². The summed E-state index contributed by atoms with van der Waals surface area (Å²) in [5.74, 6) is -0.388. The maximum atomic E-state index is 13.4. The standard InChI is InChI=1S/C21H13B3F3N3O3/c22-16-14(11-2-4-12(5-3-11)33-21(25,26)27)17(23)18(24)19-15(16)20(31)30(8-9-32-19)10-13-28-6-1-7-29-13/h1-7H,8-10H2. The molecule has 0 saturated heterocycles. The van der Waals surface area contributed by atoms with Crippen molar-refractivity contribution < 1.29 is 27.4 Å². The van der Waals surface area contributed by atoms with Crippen molar-refractivity contribution in [3.8, 4) is 22.6 Å². The van der Waals surface area contributed by atoms with Crippen LogP contribution in [0.25, 0.3) is 11.1 Å². The highest BCUT2D eigenvalue weighted by Crippen LogP contribution is 2.28. The Bertz CT molecular complexity index is 1190. The van der Waals surface area contributed by atoms with Crippen molar-refractivity contribution >= 4 is 45.8 Å². The van der Waals surface area contributed by atoms with Gasteiger partial charge in [-0.15, -0.1) is 13.2 Å². The monoisotopic (exact) mass is 445 g/mol. The topological polar surface area (TPSA) is 64.6 Å². The van der Waals surface area contributed by atoms with Gasteiger partial charge in [0, 0.05) is 12.4 Å². The summed E-state index contributed by atoms with van der Waals surface area (Å²) >= 11 is 0. The summed E-state index contributed by atoms with van der Waals surface area (Å²) in [7, 11) is 18.7. The van der Waals surface area contributed by atoms with Gasteiger partial charge in [-0.25, -0.2) is 9.97 Å². The van der Waals surface area contributed by atoms with Gasteiger partial charge in [0.2, 0.25) is 0 Å². The van der Waals surface area contributed by atoms with Crippen LogP contribution < -0.4 is 25.9 Å². The van der Waals surface area contributed by atoms with Crippen molar-refractivity contribution in [3.05, 3.63) is 54.1 Å².